The first-order valence-corrected chi connectivity index (χ1v) is 4.16. The number of hydrogen-bond acceptors (Lipinski definition) is 2. The quantitative estimate of drug-likeness (QED) is 0.663. The van der Waals surface area contributed by atoms with Gasteiger partial charge < -0.3 is 9.47 Å². The zero-order valence-electron chi connectivity index (χ0n) is 6.96. The Morgan fingerprint density at radius 2 is 2.42 bits per heavy atom. The first-order valence-electron chi connectivity index (χ1n) is 4.16. The van der Waals surface area contributed by atoms with Gasteiger partial charge in [0.25, 0.3) is 0 Å². The van der Waals surface area contributed by atoms with Crippen molar-refractivity contribution in [2.24, 2.45) is 0 Å². The molecule has 0 spiro atoms. The Labute approximate surface area is 72.1 Å². The normalized spacial score (nSPS) is 14.4. The van der Waals surface area contributed by atoms with Crippen LogP contribution in [-0.2, 0) is 0 Å². The topological polar surface area (TPSA) is 18.5 Å². The molecule has 0 saturated heterocycles. The van der Waals surface area contributed by atoms with Crippen LogP contribution < -0.4 is 9.47 Å². The molecule has 0 bridgehead atoms. The van der Waals surface area contributed by atoms with Crippen molar-refractivity contribution >= 4 is 0 Å². The number of rotatable bonds is 2. The highest BCUT2D eigenvalue weighted by molar-refractivity contribution is 5.38. The largest absolute Gasteiger partial charge is 0.450 e. The Morgan fingerprint density at radius 3 is 3.17 bits per heavy atom. The highest BCUT2D eigenvalue weighted by atomic mass is 16.7. The van der Waals surface area contributed by atoms with E-state index in [4.69, 9.17) is 9.47 Å². The lowest BCUT2D eigenvalue weighted by Crippen LogP contribution is -2.16. The summed E-state index contributed by atoms with van der Waals surface area (Å²) in [6, 6.07) is 9.31. The van der Waals surface area contributed by atoms with Crippen LogP contribution in [0.4, 0.5) is 0 Å². The molecule has 1 atom stereocenters. The summed E-state index contributed by atoms with van der Waals surface area (Å²) in [5, 5.41) is 0. The molecule has 1 aromatic carbocycles. The molecule has 2 heteroatoms. The van der Waals surface area contributed by atoms with Crippen LogP contribution in [0.1, 0.15) is 19.8 Å². The van der Waals surface area contributed by atoms with Crippen molar-refractivity contribution in [1.29, 1.82) is 0 Å². The van der Waals surface area contributed by atoms with Crippen molar-refractivity contribution in [1.82, 2.24) is 0 Å². The van der Waals surface area contributed by atoms with Crippen LogP contribution in [0.25, 0.3) is 0 Å². The van der Waals surface area contributed by atoms with Gasteiger partial charge in [0.15, 0.2) is 5.75 Å². The van der Waals surface area contributed by atoms with E-state index in [0.29, 0.717) is 5.75 Å². The second kappa shape index (κ2) is 2.94. The second-order valence-corrected chi connectivity index (χ2v) is 2.75. The predicted molar refractivity (Wildman–Crippen MR) is 44.1 cm³/mol. The molecule has 0 N–H and O–H groups in total. The second-order valence-electron chi connectivity index (χ2n) is 2.75. The molecule has 1 heterocycles. The van der Waals surface area contributed by atoms with Crippen molar-refractivity contribution < 1.29 is 9.47 Å². The molecule has 0 aliphatic carbocycles. The molecule has 12 heavy (non-hydrogen) atoms. The van der Waals surface area contributed by atoms with Crippen LogP contribution >= 0.6 is 0 Å². The van der Waals surface area contributed by atoms with E-state index in [-0.39, 0.29) is 6.29 Å². The minimum absolute atomic E-state index is 0.114. The Balaban J connectivity index is 2.11. The summed E-state index contributed by atoms with van der Waals surface area (Å²) in [5.74, 6) is 1.48. The van der Waals surface area contributed by atoms with Crippen molar-refractivity contribution in [3.63, 3.8) is 0 Å². The summed E-state index contributed by atoms with van der Waals surface area (Å²) in [4.78, 5) is 0. The van der Waals surface area contributed by atoms with Crippen molar-refractivity contribution in [2.45, 2.75) is 26.1 Å². The number of hydrogen-bond donors (Lipinski definition) is 0. The molecule has 0 aromatic heterocycles. The van der Waals surface area contributed by atoms with E-state index in [9.17, 15) is 0 Å². The van der Waals surface area contributed by atoms with Gasteiger partial charge in [-0.25, -0.2) is 0 Å². The predicted octanol–water partition coefficient (Wildman–Crippen LogP) is 2.18. The van der Waals surface area contributed by atoms with Crippen LogP contribution in [0.2, 0.25) is 0 Å². The standard InChI is InChI=1S/C10H10O2/c1-2-5-10-11-8-6-3-4-7-9(8)12-10/h3,6,10H,2,5H2,1H3. The molecule has 1 aliphatic rings. The zero-order chi connectivity index (χ0) is 8.39. The third kappa shape index (κ3) is 1.18. The Morgan fingerprint density at radius 1 is 1.50 bits per heavy atom. The molecule has 1 aromatic rings. The van der Waals surface area contributed by atoms with E-state index in [1.54, 1.807) is 6.07 Å². The first-order chi connectivity index (χ1) is 5.90. The highest BCUT2D eigenvalue weighted by Crippen LogP contribution is 2.32. The van der Waals surface area contributed by atoms with Crippen LogP contribution in [0.3, 0.4) is 0 Å². The molecule has 2 rings (SSSR count). The molecule has 1 aliphatic heterocycles. The van der Waals surface area contributed by atoms with Crippen molar-refractivity contribution in [2.75, 3.05) is 0 Å². The average molecular weight is 162 g/mol. The molecule has 2 nitrogen and oxygen atoms in total. The monoisotopic (exact) mass is 162 g/mol. The van der Waals surface area contributed by atoms with Gasteiger partial charge in [0.1, 0.15) is 0 Å². The first kappa shape index (κ1) is 7.30. The fourth-order valence-corrected chi connectivity index (χ4v) is 1.19. The van der Waals surface area contributed by atoms with Gasteiger partial charge in [-0.2, -0.15) is 0 Å². The third-order valence-corrected chi connectivity index (χ3v) is 1.76. The molecule has 0 radical (unpaired) electrons. The van der Waals surface area contributed by atoms with Crippen molar-refractivity contribution in [3.05, 3.63) is 24.3 Å². The molecule has 0 fully saturated rings. The average Bonchev–Trinajstić information content (AvgIpc) is 2.47. The smallest absolute Gasteiger partial charge is 0.242 e. The van der Waals surface area contributed by atoms with Crippen molar-refractivity contribution in [3.8, 4) is 11.5 Å². The maximum Gasteiger partial charge on any atom is 0.242 e. The van der Waals surface area contributed by atoms with Gasteiger partial charge in [-0.05, 0) is 24.6 Å². The highest BCUT2D eigenvalue weighted by Gasteiger charge is 2.22. The van der Waals surface area contributed by atoms with E-state index in [1.165, 1.54) is 0 Å². The summed E-state index contributed by atoms with van der Waals surface area (Å²) in [6.45, 7) is 2.10. The molecule has 62 valence electrons. The van der Waals surface area contributed by atoms with Gasteiger partial charge in [-0.3, -0.25) is 0 Å². The van der Waals surface area contributed by atoms with Crippen LogP contribution in [0, 0.1) is 12.1 Å². The SMILES string of the molecule is CCCC1Oc2c#cccc2O1. The lowest BCUT2D eigenvalue weighted by Gasteiger charge is -2.06. The van der Waals surface area contributed by atoms with E-state index in [1.807, 2.05) is 6.07 Å². The van der Waals surface area contributed by atoms with Crippen LogP contribution in [-0.4, -0.2) is 6.29 Å². The summed E-state index contributed by atoms with van der Waals surface area (Å²) < 4.78 is 10.9. The fraction of sp³-hybridized carbons (Fsp3) is 0.400. The maximum absolute atomic E-state index is 5.47. The Kier molecular flexibility index (Phi) is 1.79. The molecule has 1 unspecified atom stereocenters. The summed E-state index contributed by atoms with van der Waals surface area (Å²) in [5.41, 5.74) is 0. The van der Waals surface area contributed by atoms with E-state index in [0.717, 1.165) is 18.6 Å². The molecule has 0 saturated carbocycles. The third-order valence-electron chi connectivity index (χ3n) is 1.76. The number of fused-ring (bicyclic) bond motifs is 1. The molecule has 0 amide bonds. The lowest BCUT2D eigenvalue weighted by molar-refractivity contribution is 0.0413. The minimum Gasteiger partial charge on any atom is -0.450 e. The van der Waals surface area contributed by atoms with Gasteiger partial charge in [0.05, 0.1) is 0 Å². The van der Waals surface area contributed by atoms with Gasteiger partial charge in [0, 0.05) is 6.42 Å². The van der Waals surface area contributed by atoms with Gasteiger partial charge in [-0.1, -0.05) is 13.0 Å². The summed E-state index contributed by atoms with van der Waals surface area (Å²) in [6.07, 6.45) is 1.86. The Hall–Kier alpha value is -1.36. The van der Waals surface area contributed by atoms with Crippen LogP contribution in [0.15, 0.2) is 12.1 Å². The molecular formula is C10H10O2. The zero-order valence-corrected chi connectivity index (χ0v) is 6.96. The number of ether oxygens (including phenoxy) is 2. The summed E-state index contributed by atoms with van der Waals surface area (Å²) >= 11 is 0. The van der Waals surface area contributed by atoms with E-state index in [2.05, 4.69) is 19.1 Å². The Bertz CT molecular complexity index is 245. The lowest BCUT2D eigenvalue weighted by atomic mass is 10.3. The van der Waals surface area contributed by atoms with Gasteiger partial charge in [-0.15, -0.1) is 0 Å². The molecular weight excluding hydrogens is 152 g/mol. The van der Waals surface area contributed by atoms with E-state index >= 15 is 0 Å². The fourth-order valence-electron chi connectivity index (χ4n) is 1.19. The van der Waals surface area contributed by atoms with Gasteiger partial charge in [0.2, 0.25) is 12.0 Å². The van der Waals surface area contributed by atoms with Gasteiger partial charge >= 0.3 is 0 Å². The summed E-state index contributed by atoms with van der Waals surface area (Å²) in [7, 11) is 0. The van der Waals surface area contributed by atoms with Crippen LogP contribution in [0.5, 0.6) is 11.5 Å². The minimum atomic E-state index is -0.114. The van der Waals surface area contributed by atoms with E-state index < -0.39 is 0 Å². The maximum atomic E-state index is 5.47.